The molecule has 0 aliphatic carbocycles. The lowest BCUT2D eigenvalue weighted by atomic mass is 10.2. The predicted molar refractivity (Wildman–Crippen MR) is 87.8 cm³/mol. The second kappa shape index (κ2) is 7.52. The van der Waals surface area contributed by atoms with Crippen LogP contribution in [0.2, 0.25) is 15.1 Å². The van der Waals surface area contributed by atoms with Crippen LogP contribution in [-0.4, -0.2) is 24.4 Å². The average Bonchev–Trinajstić information content (AvgIpc) is 2.88. The van der Waals surface area contributed by atoms with Crippen LogP contribution in [0.25, 0.3) is 0 Å². The van der Waals surface area contributed by atoms with Crippen molar-refractivity contribution < 1.29 is 4.74 Å². The third-order valence-electron chi connectivity index (χ3n) is 2.82. The van der Waals surface area contributed by atoms with Crippen molar-refractivity contribution in [3.63, 3.8) is 0 Å². The highest BCUT2D eigenvalue weighted by Crippen LogP contribution is 2.32. The number of hydrogen-bond donors (Lipinski definition) is 3. The first-order valence-corrected chi connectivity index (χ1v) is 7.66. The van der Waals surface area contributed by atoms with Crippen molar-refractivity contribution in [3.8, 4) is 0 Å². The third-order valence-corrected chi connectivity index (χ3v) is 3.88. The summed E-state index contributed by atoms with van der Waals surface area (Å²) in [6.07, 6.45) is 2.37. The second-order valence-electron chi connectivity index (χ2n) is 4.34. The summed E-state index contributed by atoms with van der Waals surface area (Å²) < 4.78 is 5.49. The van der Waals surface area contributed by atoms with Crippen molar-refractivity contribution in [2.75, 3.05) is 18.6 Å². The molecule has 110 valence electrons. The van der Waals surface area contributed by atoms with Crippen LogP contribution in [0.1, 0.15) is 12.8 Å². The van der Waals surface area contributed by atoms with Gasteiger partial charge in [0, 0.05) is 18.2 Å². The van der Waals surface area contributed by atoms with E-state index >= 15 is 0 Å². The van der Waals surface area contributed by atoms with Crippen LogP contribution >= 0.6 is 47.0 Å². The molecule has 0 amide bonds. The molecule has 1 heterocycles. The van der Waals surface area contributed by atoms with Gasteiger partial charge in [0.2, 0.25) is 0 Å². The fourth-order valence-electron chi connectivity index (χ4n) is 1.84. The maximum atomic E-state index is 6.04. The molecule has 4 nitrogen and oxygen atoms in total. The van der Waals surface area contributed by atoms with Gasteiger partial charge in [0.15, 0.2) is 5.11 Å². The molecule has 1 aliphatic rings. The standard InChI is InChI=1S/C12H14Cl3N3OS/c13-7-4-9(14)11(10(15)5-7)17-18-12(20)16-6-8-2-1-3-19-8/h4-5,8,17H,1-3,6H2,(H2,16,18,20). The van der Waals surface area contributed by atoms with E-state index in [1.165, 1.54) is 0 Å². The van der Waals surface area contributed by atoms with Gasteiger partial charge in [-0.2, -0.15) is 0 Å². The molecule has 0 radical (unpaired) electrons. The van der Waals surface area contributed by atoms with E-state index in [0.717, 1.165) is 19.4 Å². The van der Waals surface area contributed by atoms with E-state index in [9.17, 15) is 0 Å². The molecular weight excluding hydrogens is 341 g/mol. The molecule has 1 aliphatic heterocycles. The quantitative estimate of drug-likeness (QED) is 0.569. The van der Waals surface area contributed by atoms with Crippen LogP contribution in [0, 0.1) is 0 Å². The van der Waals surface area contributed by atoms with Crippen LogP contribution < -0.4 is 16.2 Å². The molecule has 1 aromatic rings. The molecule has 2 rings (SSSR count). The Morgan fingerprint density at radius 3 is 2.60 bits per heavy atom. The van der Waals surface area contributed by atoms with Crippen LogP contribution in [0.3, 0.4) is 0 Å². The molecule has 0 bridgehead atoms. The largest absolute Gasteiger partial charge is 0.376 e. The van der Waals surface area contributed by atoms with Gasteiger partial charge in [-0.1, -0.05) is 34.8 Å². The van der Waals surface area contributed by atoms with E-state index in [1.807, 2.05) is 0 Å². The Morgan fingerprint density at radius 2 is 2.00 bits per heavy atom. The molecule has 1 saturated heterocycles. The van der Waals surface area contributed by atoms with E-state index in [4.69, 9.17) is 51.8 Å². The molecule has 0 spiro atoms. The van der Waals surface area contributed by atoms with E-state index in [2.05, 4.69) is 16.2 Å². The summed E-state index contributed by atoms with van der Waals surface area (Å²) in [6, 6.07) is 3.20. The minimum absolute atomic E-state index is 0.220. The molecule has 20 heavy (non-hydrogen) atoms. The van der Waals surface area contributed by atoms with Crippen molar-refractivity contribution in [1.82, 2.24) is 10.7 Å². The fourth-order valence-corrected chi connectivity index (χ4v) is 2.88. The number of benzene rings is 1. The zero-order valence-corrected chi connectivity index (χ0v) is 13.6. The summed E-state index contributed by atoms with van der Waals surface area (Å²) in [4.78, 5) is 0. The third kappa shape index (κ3) is 4.53. The summed E-state index contributed by atoms with van der Waals surface area (Å²) in [5.74, 6) is 0. The summed E-state index contributed by atoms with van der Waals surface area (Å²) in [6.45, 7) is 1.50. The average molecular weight is 355 g/mol. The van der Waals surface area contributed by atoms with Gasteiger partial charge in [0.25, 0.3) is 0 Å². The first-order valence-electron chi connectivity index (χ1n) is 6.12. The lowest BCUT2D eigenvalue weighted by molar-refractivity contribution is 0.114. The normalized spacial score (nSPS) is 17.9. The van der Waals surface area contributed by atoms with Gasteiger partial charge < -0.3 is 10.1 Å². The Bertz CT molecular complexity index is 472. The van der Waals surface area contributed by atoms with E-state index in [0.29, 0.717) is 32.4 Å². The molecule has 0 saturated carbocycles. The molecule has 0 aromatic heterocycles. The number of hydrogen-bond acceptors (Lipinski definition) is 3. The summed E-state index contributed by atoms with van der Waals surface area (Å²) >= 11 is 23.1. The summed E-state index contributed by atoms with van der Waals surface area (Å²) in [5.41, 5.74) is 6.22. The van der Waals surface area contributed by atoms with Gasteiger partial charge in [-0.05, 0) is 37.2 Å². The topological polar surface area (TPSA) is 45.3 Å². The Morgan fingerprint density at radius 1 is 1.30 bits per heavy atom. The van der Waals surface area contributed by atoms with Gasteiger partial charge in [-0.15, -0.1) is 0 Å². The number of rotatable bonds is 4. The molecule has 8 heteroatoms. The van der Waals surface area contributed by atoms with E-state index < -0.39 is 0 Å². The zero-order chi connectivity index (χ0) is 14.5. The molecule has 1 unspecified atom stereocenters. The van der Waals surface area contributed by atoms with Gasteiger partial charge in [0.05, 0.1) is 21.8 Å². The number of hydrazine groups is 1. The van der Waals surface area contributed by atoms with Gasteiger partial charge in [0.1, 0.15) is 0 Å². The zero-order valence-electron chi connectivity index (χ0n) is 10.5. The molecule has 1 atom stereocenters. The monoisotopic (exact) mass is 353 g/mol. The number of anilines is 1. The SMILES string of the molecule is S=C(NCC1CCCO1)NNc1c(Cl)cc(Cl)cc1Cl. The maximum absolute atomic E-state index is 6.04. The lowest BCUT2D eigenvalue weighted by Crippen LogP contribution is -2.42. The van der Waals surface area contributed by atoms with Crippen molar-refractivity contribution in [3.05, 3.63) is 27.2 Å². The lowest BCUT2D eigenvalue weighted by Gasteiger charge is -2.16. The van der Waals surface area contributed by atoms with Crippen molar-refractivity contribution in [1.29, 1.82) is 0 Å². The number of ether oxygens (including phenoxy) is 1. The highest BCUT2D eigenvalue weighted by atomic mass is 35.5. The van der Waals surface area contributed by atoms with Crippen LogP contribution in [-0.2, 0) is 4.74 Å². The summed E-state index contributed by atoms with van der Waals surface area (Å²) in [7, 11) is 0. The van der Waals surface area contributed by atoms with E-state index in [-0.39, 0.29) is 6.10 Å². The van der Waals surface area contributed by atoms with Gasteiger partial charge >= 0.3 is 0 Å². The number of nitrogens with one attached hydrogen (secondary N) is 3. The second-order valence-corrected chi connectivity index (χ2v) is 6.00. The molecular formula is C12H14Cl3N3OS. The number of halogens is 3. The molecule has 1 fully saturated rings. The van der Waals surface area contributed by atoms with Crippen LogP contribution in [0.15, 0.2) is 12.1 Å². The van der Waals surface area contributed by atoms with Gasteiger partial charge in [-0.25, -0.2) is 0 Å². The van der Waals surface area contributed by atoms with Crippen molar-refractivity contribution in [2.45, 2.75) is 18.9 Å². The van der Waals surface area contributed by atoms with E-state index in [1.54, 1.807) is 12.1 Å². The predicted octanol–water partition coefficient (Wildman–Crippen LogP) is 3.62. The molecule has 3 N–H and O–H groups in total. The highest BCUT2D eigenvalue weighted by molar-refractivity contribution is 7.80. The minimum Gasteiger partial charge on any atom is -0.376 e. The smallest absolute Gasteiger partial charge is 0.185 e. The van der Waals surface area contributed by atoms with Gasteiger partial charge in [-0.3, -0.25) is 10.9 Å². The van der Waals surface area contributed by atoms with Crippen molar-refractivity contribution in [2.24, 2.45) is 0 Å². The first kappa shape index (κ1) is 15.9. The van der Waals surface area contributed by atoms with Crippen LogP contribution in [0.5, 0.6) is 0 Å². The highest BCUT2D eigenvalue weighted by Gasteiger charge is 2.15. The number of thiocarbonyl (C=S) groups is 1. The first-order chi connectivity index (χ1) is 9.56. The summed E-state index contributed by atoms with van der Waals surface area (Å²) in [5, 5.41) is 4.82. The Labute approximate surface area is 138 Å². The Balaban J connectivity index is 1.81. The maximum Gasteiger partial charge on any atom is 0.185 e. The Kier molecular flexibility index (Phi) is 5.99. The molecule has 1 aromatic carbocycles. The minimum atomic E-state index is 0.220. The van der Waals surface area contributed by atoms with Crippen molar-refractivity contribution >= 4 is 57.8 Å². The van der Waals surface area contributed by atoms with Crippen LogP contribution in [0.4, 0.5) is 5.69 Å². The Hall–Kier alpha value is -0.460. The fraction of sp³-hybridized carbons (Fsp3) is 0.417.